The number of nitrogens with zero attached hydrogens (tertiary/aromatic N) is 2. The Balaban J connectivity index is 2.05. The Labute approximate surface area is 106 Å². The van der Waals surface area contributed by atoms with Crippen molar-refractivity contribution in [3.05, 3.63) is 36.3 Å². The fourth-order valence-corrected chi connectivity index (χ4v) is 1.71. The van der Waals surface area contributed by atoms with Crippen molar-refractivity contribution < 1.29 is 5.11 Å². The predicted octanol–water partition coefficient (Wildman–Crippen LogP) is 1.33. The maximum Gasteiger partial charge on any atom is 0.0715 e. The molecular formula is C13H18N4O. The molecule has 0 aromatic carbocycles. The molecule has 0 unspecified atom stereocenters. The summed E-state index contributed by atoms with van der Waals surface area (Å²) in [6, 6.07) is 3.88. The van der Waals surface area contributed by atoms with E-state index in [0.29, 0.717) is 13.1 Å². The van der Waals surface area contributed by atoms with E-state index in [1.165, 1.54) is 0 Å². The molecule has 0 radical (unpaired) electrons. The molecule has 5 heteroatoms. The van der Waals surface area contributed by atoms with Gasteiger partial charge in [0.15, 0.2) is 0 Å². The van der Waals surface area contributed by atoms with E-state index in [1.54, 1.807) is 32.4 Å². The zero-order valence-electron chi connectivity index (χ0n) is 10.6. The first-order valence-corrected chi connectivity index (χ1v) is 5.92. The summed E-state index contributed by atoms with van der Waals surface area (Å²) in [5.41, 5.74) is 2.33. The predicted molar refractivity (Wildman–Crippen MR) is 69.8 cm³/mol. The van der Waals surface area contributed by atoms with E-state index in [4.69, 9.17) is 0 Å². The fourth-order valence-electron chi connectivity index (χ4n) is 1.71. The van der Waals surface area contributed by atoms with Gasteiger partial charge in [0.25, 0.3) is 0 Å². The lowest BCUT2D eigenvalue weighted by molar-refractivity contribution is 0.0795. The number of rotatable bonds is 5. The van der Waals surface area contributed by atoms with Crippen LogP contribution in [0.5, 0.6) is 0 Å². The largest absolute Gasteiger partial charge is 0.389 e. The van der Waals surface area contributed by atoms with Gasteiger partial charge in [-0.3, -0.25) is 10.1 Å². The molecule has 3 N–H and O–H groups in total. The summed E-state index contributed by atoms with van der Waals surface area (Å²) in [5, 5.41) is 19.9. The van der Waals surface area contributed by atoms with Crippen LogP contribution in [0.25, 0.3) is 11.3 Å². The Morgan fingerprint density at radius 1 is 1.39 bits per heavy atom. The van der Waals surface area contributed by atoms with Gasteiger partial charge in [0, 0.05) is 36.6 Å². The molecule has 0 saturated carbocycles. The average molecular weight is 246 g/mol. The van der Waals surface area contributed by atoms with Crippen molar-refractivity contribution in [3.63, 3.8) is 0 Å². The molecule has 2 rings (SSSR count). The molecule has 2 aromatic heterocycles. The molecule has 0 aliphatic carbocycles. The summed E-state index contributed by atoms with van der Waals surface area (Å²) in [5.74, 6) is 0. The molecule has 0 spiro atoms. The highest BCUT2D eigenvalue weighted by atomic mass is 16.3. The minimum Gasteiger partial charge on any atom is -0.389 e. The van der Waals surface area contributed by atoms with E-state index in [0.717, 1.165) is 16.8 Å². The van der Waals surface area contributed by atoms with Gasteiger partial charge in [-0.25, -0.2) is 0 Å². The van der Waals surface area contributed by atoms with E-state index in [1.807, 2.05) is 12.1 Å². The molecule has 2 heterocycles. The van der Waals surface area contributed by atoms with Crippen molar-refractivity contribution in [3.8, 4) is 11.3 Å². The highest BCUT2D eigenvalue weighted by Gasteiger charge is 2.13. The number of nitrogens with one attached hydrogen (secondary N) is 2. The number of aliphatic hydroxyl groups is 1. The van der Waals surface area contributed by atoms with Crippen LogP contribution in [0, 0.1) is 0 Å². The molecule has 96 valence electrons. The van der Waals surface area contributed by atoms with E-state index in [9.17, 15) is 5.11 Å². The monoisotopic (exact) mass is 246 g/mol. The van der Waals surface area contributed by atoms with Crippen LogP contribution < -0.4 is 5.32 Å². The van der Waals surface area contributed by atoms with Gasteiger partial charge in [-0.1, -0.05) is 0 Å². The lowest BCUT2D eigenvalue weighted by atomic mass is 10.1. The average Bonchev–Trinajstić information content (AvgIpc) is 2.77. The van der Waals surface area contributed by atoms with Crippen LogP contribution in [0.4, 0.5) is 0 Å². The zero-order chi connectivity index (χ0) is 13.0. The second-order valence-corrected chi connectivity index (χ2v) is 4.93. The van der Waals surface area contributed by atoms with Gasteiger partial charge < -0.3 is 10.4 Å². The highest BCUT2D eigenvalue weighted by molar-refractivity contribution is 5.61. The summed E-state index contributed by atoms with van der Waals surface area (Å²) in [6.07, 6.45) is 5.33. The van der Waals surface area contributed by atoms with Crippen molar-refractivity contribution in [2.75, 3.05) is 6.54 Å². The quantitative estimate of drug-likeness (QED) is 0.744. The van der Waals surface area contributed by atoms with Gasteiger partial charge in [-0.15, -0.1) is 0 Å². The standard InChI is InChI=1S/C13H18N4O/c1-13(2,18)9-15-7-11-8-16-17-12(11)10-4-3-5-14-6-10/h3-6,8,15,18H,7,9H2,1-2H3,(H,16,17). The SMILES string of the molecule is CC(C)(O)CNCc1cn[nH]c1-c1cccnc1. The summed E-state index contributed by atoms with van der Waals surface area (Å²) < 4.78 is 0. The second kappa shape index (κ2) is 5.29. The van der Waals surface area contributed by atoms with Crippen LogP contribution in [0.2, 0.25) is 0 Å². The lowest BCUT2D eigenvalue weighted by Gasteiger charge is -2.17. The third kappa shape index (κ3) is 3.38. The van der Waals surface area contributed by atoms with Crippen LogP contribution >= 0.6 is 0 Å². The molecular weight excluding hydrogens is 228 g/mol. The Kier molecular flexibility index (Phi) is 3.74. The number of H-pyrrole nitrogens is 1. The third-order valence-corrected chi connectivity index (χ3v) is 2.54. The van der Waals surface area contributed by atoms with Gasteiger partial charge in [0.05, 0.1) is 17.5 Å². The first-order valence-electron chi connectivity index (χ1n) is 5.92. The van der Waals surface area contributed by atoms with Gasteiger partial charge >= 0.3 is 0 Å². The van der Waals surface area contributed by atoms with Crippen molar-refractivity contribution in [2.24, 2.45) is 0 Å². The van der Waals surface area contributed by atoms with Crippen molar-refractivity contribution in [1.29, 1.82) is 0 Å². The molecule has 2 aromatic rings. The van der Waals surface area contributed by atoms with E-state index >= 15 is 0 Å². The maximum atomic E-state index is 9.64. The molecule has 5 nitrogen and oxygen atoms in total. The molecule has 18 heavy (non-hydrogen) atoms. The summed E-state index contributed by atoms with van der Waals surface area (Å²) >= 11 is 0. The maximum absolute atomic E-state index is 9.64. The lowest BCUT2D eigenvalue weighted by Crippen LogP contribution is -2.34. The van der Waals surface area contributed by atoms with E-state index in [2.05, 4.69) is 20.5 Å². The number of pyridine rings is 1. The van der Waals surface area contributed by atoms with Crippen LogP contribution in [0.3, 0.4) is 0 Å². The van der Waals surface area contributed by atoms with Crippen LogP contribution in [-0.4, -0.2) is 32.4 Å². The molecule has 0 bridgehead atoms. The van der Waals surface area contributed by atoms with Crippen LogP contribution in [0.1, 0.15) is 19.4 Å². The Morgan fingerprint density at radius 2 is 2.22 bits per heavy atom. The number of aromatic nitrogens is 3. The smallest absolute Gasteiger partial charge is 0.0715 e. The van der Waals surface area contributed by atoms with Crippen molar-refractivity contribution in [1.82, 2.24) is 20.5 Å². The van der Waals surface area contributed by atoms with E-state index < -0.39 is 5.60 Å². The molecule has 0 amide bonds. The number of aromatic amines is 1. The fraction of sp³-hybridized carbons (Fsp3) is 0.385. The molecule has 0 fully saturated rings. The normalized spacial score (nSPS) is 11.7. The van der Waals surface area contributed by atoms with Gasteiger partial charge in [0.1, 0.15) is 0 Å². The molecule has 0 atom stereocenters. The first-order chi connectivity index (χ1) is 8.56. The summed E-state index contributed by atoms with van der Waals surface area (Å²) in [6.45, 7) is 4.74. The summed E-state index contributed by atoms with van der Waals surface area (Å²) in [4.78, 5) is 4.09. The minimum absolute atomic E-state index is 0.532. The van der Waals surface area contributed by atoms with Gasteiger partial charge in [-0.2, -0.15) is 5.10 Å². The van der Waals surface area contributed by atoms with Gasteiger partial charge in [-0.05, 0) is 26.0 Å². The number of hydrogen-bond donors (Lipinski definition) is 3. The summed E-state index contributed by atoms with van der Waals surface area (Å²) in [7, 11) is 0. The zero-order valence-corrected chi connectivity index (χ0v) is 10.6. The Hall–Kier alpha value is -1.72. The molecule has 0 aliphatic heterocycles. The first kappa shape index (κ1) is 12.7. The molecule has 0 saturated heterocycles. The molecule has 0 aliphatic rings. The van der Waals surface area contributed by atoms with Crippen LogP contribution in [0.15, 0.2) is 30.7 Å². The minimum atomic E-state index is -0.710. The second-order valence-electron chi connectivity index (χ2n) is 4.93. The van der Waals surface area contributed by atoms with Crippen molar-refractivity contribution >= 4 is 0 Å². The number of hydrogen-bond acceptors (Lipinski definition) is 4. The highest BCUT2D eigenvalue weighted by Crippen LogP contribution is 2.19. The van der Waals surface area contributed by atoms with E-state index in [-0.39, 0.29) is 0 Å². The van der Waals surface area contributed by atoms with Gasteiger partial charge in [0.2, 0.25) is 0 Å². The third-order valence-electron chi connectivity index (χ3n) is 2.54. The van der Waals surface area contributed by atoms with Crippen LogP contribution in [-0.2, 0) is 6.54 Å². The topological polar surface area (TPSA) is 73.8 Å². The Morgan fingerprint density at radius 3 is 2.89 bits per heavy atom. The van der Waals surface area contributed by atoms with Crippen molar-refractivity contribution in [2.45, 2.75) is 26.0 Å². The Bertz CT molecular complexity index is 487.